The van der Waals surface area contributed by atoms with Gasteiger partial charge in [0.05, 0.1) is 0 Å². The zero-order valence-corrected chi connectivity index (χ0v) is 10.2. The molecule has 1 aliphatic heterocycles. The van der Waals surface area contributed by atoms with Crippen LogP contribution in [0.1, 0.15) is 23.2 Å². The largest absolute Gasteiger partial charge is 0.508 e. The summed E-state index contributed by atoms with van der Waals surface area (Å²) >= 11 is 0. The summed E-state index contributed by atoms with van der Waals surface area (Å²) in [6.45, 7) is 0. The normalized spacial score (nSPS) is 24.2. The fraction of sp³-hybridized carbons (Fsp3) is 0.417. The van der Waals surface area contributed by atoms with Gasteiger partial charge in [0.25, 0.3) is 5.91 Å². The van der Waals surface area contributed by atoms with Crippen LogP contribution in [0.5, 0.6) is 5.75 Å². The lowest BCUT2D eigenvalue weighted by Crippen LogP contribution is -2.39. The number of carbonyl (C=O) groups is 1. The van der Waals surface area contributed by atoms with Gasteiger partial charge in [0.2, 0.25) is 0 Å². The fourth-order valence-corrected chi connectivity index (χ4v) is 3.15. The Bertz CT molecular complexity index is 437. The van der Waals surface area contributed by atoms with Gasteiger partial charge in [0, 0.05) is 33.9 Å². The first-order valence-electron chi connectivity index (χ1n) is 5.60. The maximum atomic E-state index is 11.8. The van der Waals surface area contributed by atoms with Gasteiger partial charge in [-0.05, 0) is 31.0 Å². The van der Waals surface area contributed by atoms with Crippen molar-refractivity contribution in [2.45, 2.75) is 18.9 Å². The number of rotatable bonds is 2. The van der Waals surface area contributed by atoms with E-state index >= 15 is 0 Å². The van der Waals surface area contributed by atoms with E-state index in [1.54, 1.807) is 12.1 Å². The number of amides is 1. The van der Waals surface area contributed by atoms with Crippen molar-refractivity contribution in [3.63, 3.8) is 0 Å². The van der Waals surface area contributed by atoms with Gasteiger partial charge in [-0.2, -0.15) is 0 Å². The van der Waals surface area contributed by atoms with E-state index in [2.05, 4.69) is 5.32 Å². The molecule has 1 heterocycles. The fourth-order valence-electron chi connectivity index (χ4n) is 1.85. The third-order valence-electron chi connectivity index (χ3n) is 2.83. The summed E-state index contributed by atoms with van der Waals surface area (Å²) in [6.07, 6.45) is 1.52. The third-order valence-corrected chi connectivity index (χ3v) is 4.21. The zero-order valence-electron chi connectivity index (χ0n) is 9.39. The Kier molecular flexibility index (Phi) is 3.78. The van der Waals surface area contributed by atoms with Gasteiger partial charge in [-0.25, -0.2) is 0 Å². The molecule has 0 aliphatic carbocycles. The van der Waals surface area contributed by atoms with Crippen molar-refractivity contribution >= 4 is 16.7 Å². The number of phenols is 1. The molecule has 0 spiro atoms. The van der Waals surface area contributed by atoms with E-state index in [4.69, 9.17) is 0 Å². The van der Waals surface area contributed by atoms with E-state index < -0.39 is 10.8 Å². The Morgan fingerprint density at radius 2 is 2.06 bits per heavy atom. The van der Waals surface area contributed by atoms with Crippen molar-refractivity contribution in [1.29, 1.82) is 0 Å². The Balaban J connectivity index is 1.95. The van der Waals surface area contributed by atoms with Gasteiger partial charge in [-0.15, -0.1) is 0 Å². The van der Waals surface area contributed by atoms with Gasteiger partial charge in [-0.1, -0.05) is 6.07 Å². The Morgan fingerprint density at radius 3 is 2.71 bits per heavy atom. The quantitative estimate of drug-likeness (QED) is 0.827. The minimum absolute atomic E-state index is 0.0856. The van der Waals surface area contributed by atoms with Crippen LogP contribution in [-0.2, 0) is 10.8 Å². The van der Waals surface area contributed by atoms with Crippen molar-refractivity contribution in [3.05, 3.63) is 29.8 Å². The van der Waals surface area contributed by atoms with E-state index in [-0.39, 0.29) is 17.7 Å². The lowest BCUT2D eigenvalue weighted by molar-refractivity contribution is 0.0934. The predicted octanol–water partition coefficient (Wildman–Crippen LogP) is 1.03. The highest BCUT2D eigenvalue weighted by molar-refractivity contribution is 7.85. The number of nitrogens with one attached hydrogen (secondary N) is 1. The molecule has 2 N–H and O–H groups in total. The van der Waals surface area contributed by atoms with E-state index in [1.807, 2.05) is 0 Å². The SMILES string of the molecule is O=C(NC1CCS(=O)CC1)c1cccc(O)c1. The van der Waals surface area contributed by atoms with Crippen LogP contribution in [0.25, 0.3) is 0 Å². The van der Waals surface area contributed by atoms with Crippen molar-refractivity contribution in [3.8, 4) is 5.75 Å². The highest BCUT2D eigenvalue weighted by Crippen LogP contribution is 2.13. The standard InChI is InChI=1S/C12H15NO3S/c14-11-3-1-2-9(8-11)12(15)13-10-4-6-17(16)7-5-10/h1-3,8,10,14H,4-7H2,(H,13,15). The van der Waals surface area contributed by atoms with Crippen molar-refractivity contribution < 1.29 is 14.1 Å². The third kappa shape index (κ3) is 3.30. The molecule has 17 heavy (non-hydrogen) atoms. The number of hydrogen-bond donors (Lipinski definition) is 2. The van der Waals surface area contributed by atoms with Crippen molar-refractivity contribution in [2.24, 2.45) is 0 Å². The summed E-state index contributed by atoms with van der Waals surface area (Å²) in [6, 6.07) is 6.37. The smallest absolute Gasteiger partial charge is 0.251 e. The number of carbonyl (C=O) groups excluding carboxylic acids is 1. The summed E-state index contributed by atoms with van der Waals surface area (Å²) in [7, 11) is -0.715. The molecule has 1 aromatic rings. The molecule has 0 unspecified atom stereocenters. The predicted molar refractivity (Wildman–Crippen MR) is 66.5 cm³/mol. The summed E-state index contributed by atoms with van der Waals surface area (Å²) < 4.78 is 11.2. The van der Waals surface area contributed by atoms with Gasteiger partial charge < -0.3 is 10.4 Å². The summed E-state index contributed by atoms with van der Waals surface area (Å²) in [5.74, 6) is 1.22. The second kappa shape index (κ2) is 5.31. The molecule has 1 aromatic carbocycles. The van der Waals surface area contributed by atoms with E-state index in [0.717, 1.165) is 12.8 Å². The average molecular weight is 253 g/mol. The molecule has 0 saturated carbocycles. The molecule has 0 radical (unpaired) electrons. The lowest BCUT2D eigenvalue weighted by Gasteiger charge is -2.22. The molecule has 1 aliphatic rings. The molecule has 1 saturated heterocycles. The topological polar surface area (TPSA) is 66.4 Å². The van der Waals surface area contributed by atoms with Crippen LogP contribution in [0.2, 0.25) is 0 Å². The van der Waals surface area contributed by atoms with Gasteiger partial charge in [0.1, 0.15) is 5.75 Å². The first-order chi connectivity index (χ1) is 8.15. The second-order valence-corrected chi connectivity index (χ2v) is 5.84. The van der Waals surface area contributed by atoms with E-state index in [1.165, 1.54) is 12.1 Å². The van der Waals surface area contributed by atoms with Crippen molar-refractivity contribution in [1.82, 2.24) is 5.32 Å². The van der Waals surface area contributed by atoms with Crippen LogP contribution in [-0.4, -0.2) is 32.8 Å². The van der Waals surface area contributed by atoms with Gasteiger partial charge >= 0.3 is 0 Å². The van der Waals surface area contributed by atoms with Crippen LogP contribution in [0.4, 0.5) is 0 Å². The summed E-state index contributed by atoms with van der Waals surface area (Å²) in [5.41, 5.74) is 0.455. The lowest BCUT2D eigenvalue weighted by atomic mass is 10.1. The Labute approximate surface area is 102 Å². The van der Waals surface area contributed by atoms with E-state index in [0.29, 0.717) is 17.1 Å². The number of hydrogen-bond acceptors (Lipinski definition) is 3. The average Bonchev–Trinajstić information content (AvgIpc) is 2.32. The summed E-state index contributed by atoms with van der Waals surface area (Å²) in [5, 5.41) is 12.2. The monoisotopic (exact) mass is 253 g/mol. The minimum Gasteiger partial charge on any atom is -0.508 e. The van der Waals surface area contributed by atoms with Crippen LogP contribution in [0, 0.1) is 0 Å². The molecule has 1 fully saturated rings. The van der Waals surface area contributed by atoms with Crippen LogP contribution in [0.3, 0.4) is 0 Å². The molecule has 5 heteroatoms. The molecule has 92 valence electrons. The number of benzene rings is 1. The maximum absolute atomic E-state index is 11.8. The van der Waals surface area contributed by atoms with Crippen molar-refractivity contribution in [2.75, 3.05) is 11.5 Å². The second-order valence-electron chi connectivity index (χ2n) is 4.15. The van der Waals surface area contributed by atoms with Crippen LogP contribution < -0.4 is 5.32 Å². The number of phenolic OH excluding ortho intramolecular Hbond substituents is 1. The molecule has 2 rings (SSSR count). The molecule has 1 amide bonds. The zero-order chi connectivity index (χ0) is 12.3. The van der Waals surface area contributed by atoms with Gasteiger partial charge in [0.15, 0.2) is 0 Å². The Hall–Kier alpha value is -1.36. The summed E-state index contributed by atoms with van der Waals surface area (Å²) in [4.78, 5) is 11.8. The van der Waals surface area contributed by atoms with E-state index in [9.17, 15) is 14.1 Å². The highest BCUT2D eigenvalue weighted by atomic mass is 32.2. The van der Waals surface area contributed by atoms with Crippen LogP contribution in [0.15, 0.2) is 24.3 Å². The molecule has 0 bridgehead atoms. The van der Waals surface area contributed by atoms with Gasteiger partial charge in [-0.3, -0.25) is 9.00 Å². The molecule has 4 nitrogen and oxygen atoms in total. The number of aromatic hydroxyl groups is 1. The molecule has 0 aromatic heterocycles. The molecular weight excluding hydrogens is 238 g/mol. The Morgan fingerprint density at radius 1 is 1.35 bits per heavy atom. The molecule has 0 atom stereocenters. The first kappa shape index (κ1) is 12.1. The first-order valence-corrected chi connectivity index (χ1v) is 7.09. The maximum Gasteiger partial charge on any atom is 0.251 e. The van der Waals surface area contributed by atoms with Crippen LogP contribution >= 0.6 is 0 Å². The minimum atomic E-state index is -0.715. The molecular formula is C12H15NO3S. The highest BCUT2D eigenvalue weighted by Gasteiger charge is 2.20.